The maximum absolute atomic E-state index is 10.2. The van der Waals surface area contributed by atoms with E-state index < -0.39 is 5.97 Å². The highest BCUT2D eigenvalue weighted by Gasteiger charge is 2.01. The molecule has 0 aromatic carbocycles. The zero-order valence-electron chi connectivity index (χ0n) is 9.05. The summed E-state index contributed by atoms with van der Waals surface area (Å²) in [7, 11) is 0. The van der Waals surface area contributed by atoms with Gasteiger partial charge in [-0.25, -0.2) is 0 Å². The summed E-state index contributed by atoms with van der Waals surface area (Å²) < 4.78 is 0. The third kappa shape index (κ3) is 12.0. The largest absolute Gasteiger partial charge is 0.481 e. The normalized spacial score (nSPS) is 12.7. The molecule has 90 valence electrons. The molecule has 0 aliphatic rings. The molecule has 0 fully saturated rings. The van der Waals surface area contributed by atoms with Crippen LogP contribution in [0.5, 0.6) is 0 Å². The van der Waals surface area contributed by atoms with Crippen molar-refractivity contribution in [3.8, 4) is 0 Å². The van der Waals surface area contributed by atoms with Crippen LogP contribution in [0.4, 0.5) is 0 Å². The average Bonchev–Trinajstić information content (AvgIpc) is 2.21. The second-order valence-corrected chi connectivity index (χ2v) is 4.73. The van der Waals surface area contributed by atoms with E-state index in [1.807, 2.05) is 0 Å². The molecule has 15 heavy (non-hydrogen) atoms. The van der Waals surface area contributed by atoms with Gasteiger partial charge in [-0.1, -0.05) is 32.1 Å². The van der Waals surface area contributed by atoms with Gasteiger partial charge in [0.2, 0.25) is 0 Å². The summed E-state index contributed by atoms with van der Waals surface area (Å²) in [6.45, 7) is 0. The third-order valence-corrected chi connectivity index (χ3v) is 3.23. The molecule has 0 saturated heterocycles. The van der Waals surface area contributed by atoms with Crippen molar-refractivity contribution in [3.63, 3.8) is 0 Å². The van der Waals surface area contributed by atoms with Crippen molar-refractivity contribution in [1.82, 2.24) is 0 Å². The van der Waals surface area contributed by atoms with E-state index in [1.165, 1.54) is 12.8 Å². The maximum Gasteiger partial charge on any atom is 0.303 e. The Morgan fingerprint density at radius 1 is 1.07 bits per heavy atom. The lowest BCUT2D eigenvalue weighted by Gasteiger charge is -2.04. The van der Waals surface area contributed by atoms with Gasteiger partial charge < -0.3 is 5.11 Å². The predicted molar refractivity (Wildman–Crippen MR) is 64.9 cm³/mol. The Morgan fingerprint density at radius 3 is 2.13 bits per heavy atom. The number of aliphatic carboxylic acids is 1. The van der Waals surface area contributed by atoms with E-state index in [4.69, 9.17) is 28.3 Å². The second-order valence-electron chi connectivity index (χ2n) is 3.81. The van der Waals surface area contributed by atoms with Crippen LogP contribution in [-0.2, 0) is 4.79 Å². The van der Waals surface area contributed by atoms with Gasteiger partial charge in [0.15, 0.2) is 0 Å². The average molecular weight is 255 g/mol. The Hall–Kier alpha value is 0.0500. The molecule has 0 aliphatic carbocycles. The molecule has 0 saturated carbocycles. The van der Waals surface area contributed by atoms with Gasteiger partial charge in [-0.2, -0.15) is 0 Å². The zero-order valence-corrected chi connectivity index (χ0v) is 10.6. The fourth-order valence-electron chi connectivity index (χ4n) is 1.43. The van der Waals surface area contributed by atoms with Crippen LogP contribution in [0.2, 0.25) is 0 Å². The molecule has 0 radical (unpaired) electrons. The maximum atomic E-state index is 10.2. The lowest BCUT2D eigenvalue weighted by atomic mass is 10.1. The number of unbranched alkanes of at least 4 members (excludes halogenated alkanes) is 5. The lowest BCUT2D eigenvalue weighted by molar-refractivity contribution is -0.137. The van der Waals surface area contributed by atoms with E-state index in [0.717, 1.165) is 32.1 Å². The molecule has 1 unspecified atom stereocenters. The summed E-state index contributed by atoms with van der Waals surface area (Å²) in [5, 5.41) is 8.53. The first-order valence-corrected chi connectivity index (χ1v) is 6.55. The second kappa shape index (κ2) is 10.6. The van der Waals surface area contributed by atoms with Crippen LogP contribution in [-0.4, -0.2) is 22.3 Å². The molecule has 0 rings (SSSR count). The molecule has 0 bridgehead atoms. The van der Waals surface area contributed by atoms with E-state index in [2.05, 4.69) is 0 Å². The van der Waals surface area contributed by atoms with Gasteiger partial charge in [0.1, 0.15) is 0 Å². The van der Waals surface area contributed by atoms with Gasteiger partial charge >= 0.3 is 5.97 Å². The molecule has 1 N–H and O–H groups in total. The van der Waals surface area contributed by atoms with Crippen LogP contribution in [0.1, 0.15) is 51.4 Å². The van der Waals surface area contributed by atoms with E-state index in [-0.39, 0.29) is 5.38 Å². The monoisotopic (exact) mass is 254 g/mol. The molecule has 0 heterocycles. The fraction of sp³-hybridized carbons (Fsp3) is 0.909. The molecule has 0 spiro atoms. The Balaban J connectivity index is 3.02. The van der Waals surface area contributed by atoms with Crippen LogP contribution in [0, 0.1) is 0 Å². The summed E-state index contributed by atoms with van der Waals surface area (Å²) in [5.74, 6) is -0.165. The SMILES string of the molecule is O=C(O)CCCCCCCCC(Cl)CCl. The minimum absolute atomic E-state index is 0.110. The van der Waals surface area contributed by atoms with Gasteiger partial charge in [-0.15, -0.1) is 23.2 Å². The topological polar surface area (TPSA) is 37.3 Å². The number of alkyl halides is 2. The first kappa shape index (κ1) is 15.0. The summed E-state index contributed by atoms with van der Waals surface area (Å²) in [6.07, 6.45) is 7.71. The minimum atomic E-state index is -0.693. The summed E-state index contributed by atoms with van der Waals surface area (Å²) in [5.41, 5.74) is 0. The van der Waals surface area contributed by atoms with Gasteiger partial charge in [0, 0.05) is 17.7 Å². The highest BCUT2D eigenvalue weighted by atomic mass is 35.5. The molecule has 1 atom stereocenters. The van der Waals surface area contributed by atoms with Crippen LogP contribution in [0.3, 0.4) is 0 Å². The highest BCUT2D eigenvalue weighted by molar-refractivity contribution is 6.28. The first-order valence-electron chi connectivity index (χ1n) is 5.58. The highest BCUT2D eigenvalue weighted by Crippen LogP contribution is 2.13. The van der Waals surface area contributed by atoms with E-state index >= 15 is 0 Å². The first-order chi connectivity index (χ1) is 7.16. The van der Waals surface area contributed by atoms with Crippen molar-refractivity contribution in [3.05, 3.63) is 0 Å². The quantitative estimate of drug-likeness (QED) is 0.472. The van der Waals surface area contributed by atoms with Gasteiger partial charge in [0.05, 0.1) is 0 Å². The fourth-order valence-corrected chi connectivity index (χ4v) is 1.73. The molecule has 0 amide bonds. The van der Waals surface area contributed by atoms with Crippen molar-refractivity contribution in [2.24, 2.45) is 0 Å². The van der Waals surface area contributed by atoms with Crippen LogP contribution < -0.4 is 0 Å². The van der Waals surface area contributed by atoms with Crippen molar-refractivity contribution >= 4 is 29.2 Å². The number of carboxylic acids is 1. The van der Waals surface area contributed by atoms with E-state index in [1.54, 1.807) is 0 Å². The lowest BCUT2D eigenvalue weighted by Crippen LogP contribution is -1.99. The number of hydrogen-bond donors (Lipinski definition) is 1. The van der Waals surface area contributed by atoms with Gasteiger partial charge in [0.25, 0.3) is 0 Å². The summed E-state index contributed by atoms with van der Waals surface area (Å²) in [6, 6.07) is 0. The third-order valence-electron chi connectivity index (χ3n) is 2.33. The molecule has 0 aromatic rings. The molecular weight excluding hydrogens is 235 g/mol. The standard InChI is InChI=1S/C11H20Cl2O2/c12-9-10(13)7-5-3-1-2-4-6-8-11(14)15/h10H,1-9H2,(H,14,15). The Kier molecular flexibility index (Phi) is 10.6. The van der Waals surface area contributed by atoms with Gasteiger partial charge in [-0.3, -0.25) is 4.79 Å². The molecule has 0 aromatic heterocycles. The molecular formula is C11H20Cl2O2. The number of rotatable bonds is 10. The Bertz CT molecular complexity index is 163. The zero-order chi connectivity index (χ0) is 11.5. The predicted octanol–water partition coefficient (Wildman–Crippen LogP) is 4.04. The van der Waals surface area contributed by atoms with Crippen LogP contribution >= 0.6 is 23.2 Å². The summed E-state index contributed by atoms with van der Waals surface area (Å²) >= 11 is 11.4. The van der Waals surface area contributed by atoms with Crippen molar-refractivity contribution in [2.45, 2.75) is 56.7 Å². The number of carboxylic acid groups (broad SMARTS) is 1. The number of hydrogen-bond acceptors (Lipinski definition) is 1. The molecule has 4 heteroatoms. The van der Waals surface area contributed by atoms with Crippen LogP contribution in [0.15, 0.2) is 0 Å². The number of halogens is 2. The van der Waals surface area contributed by atoms with Gasteiger partial charge in [-0.05, 0) is 12.8 Å². The van der Waals surface area contributed by atoms with Crippen molar-refractivity contribution < 1.29 is 9.90 Å². The van der Waals surface area contributed by atoms with E-state index in [0.29, 0.717) is 12.3 Å². The molecule has 2 nitrogen and oxygen atoms in total. The Morgan fingerprint density at radius 2 is 1.60 bits per heavy atom. The number of carbonyl (C=O) groups is 1. The van der Waals surface area contributed by atoms with E-state index in [9.17, 15) is 4.79 Å². The van der Waals surface area contributed by atoms with Crippen molar-refractivity contribution in [1.29, 1.82) is 0 Å². The Labute approximate surface area is 102 Å². The van der Waals surface area contributed by atoms with Crippen LogP contribution in [0.25, 0.3) is 0 Å². The smallest absolute Gasteiger partial charge is 0.303 e. The summed E-state index contributed by atoms with van der Waals surface area (Å²) in [4.78, 5) is 10.2. The van der Waals surface area contributed by atoms with Crippen molar-refractivity contribution in [2.75, 3.05) is 5.88 Å². The minimum Gasteiger partial charge on any atom is -0.481 e. The molecule has 0 aliphatic heterocycles.